The Morgan fingerprint density at radius 1 is 1.58 bits per heavy atom. The number of esters is 1. The van der Waals surface area contributed by atoms with Crippen molar-refractivity contribution in [2.24, 2.45) is 4.99 Å². The molecular formula is C8H13NO3. The second kappa shape index (κ2) is 3.13. The van der Waals surface area contributed by atoms with Gasteiger partial charge in [-0.1, -0.05) is 0 Å². The molecule has 0 fully saturated rings. The van der Waals surface area contributed by atoms with E-state index < -0.39 is 11.6 Å². The topological polar surface area (TPSA) is 47.9 Å². The third-order valence-corrected chi connectivity index (χ3v) is 1.16. The van der Waals surface area contributed by atoms with Crippen LogP contribution in [0.3, 0.4) is 0 Å². The van der Waals surface area contributed by atoms with Crippen LogP contribution in [0.5, 0.6) is 0 Å². The Kier molecular flexibility index (Phi) is 2.35. The van der Waals surface area contributed by atoms with E-state index in [9.17, 15) is 4.79 Å². The molecule has 0 saturated heterocycles. The molecule has 1 aliphatic heterocycles. The van der Waals surface area contributed by atoms with Crippen LogP contribution < -0.4 is 0 Å². The maximum atomic E-state index is 11.2. The number of nitrogens with zero attached hydrogens (tertiary/aromatic N) is 1. The van der Waals surface area contributed by atoms with Gasteiger partial charge in [0.1, 0.15) is 12.2 Å². The minimum absolute atomic E-state index is 0.102. The lowest BCUT2D eigenvalue weighted by Gasteiger charge is -2.18. The maximum absolute atomic E-state index is 11.2. The fourth-order valence-electron chi connectivity index (χ4n) is 0.780. The Balaban J connectivity index is 2.49. The van der Waals surface area contributed by atoms with Crippen LogP contribution in [-0.2, 0) is 14.3 Å². The van der Waals surface area contributed by atoms with Gasteiger partial charge in [0, 0.05) is 0 Å². The van der Waals surface area contributed by atoms with Crippen LogP contribution in [0, 0.1) is 0 Å². The average Bonchev–Trinajstić information content (AvgIpc) is 2.32. The molecule has 0 radical (unpaired) electrons. The van der Waals surface area contributed by atoms with Crippen molar-refractivity contribution in [1.82, 2.24) is 0 Å². The fourth-order valence-corrected chi connectivity index (χ4v) is 0.780. The van der Waals surface area contributed by atoms with E-state index >= 15 is 0 Å². The highest BCUT2D eigenvalue weighted by Crippen LogP contribution is 2.08. The highest BCUT2D eigenvalue weighted by atomic mass is 16.6. The van der Waals surface area contributed by atoms with Crippen molar-refractivity contribution in [3.63, 3.8) is 0 Å². The van der Waals surface area contributed by atoms with Crippen molar-refractivity contribution in [1.29, 1.82) is 0 Å². The minimum atomic E-state index is -0.481. The van der Waals surface area contributed by atoms with Crippen molar-refractivity contribution in [3.05, 3.63) is 0 Å². The van der Waals surface area contributed by atoms with Crippen LogP contribution in [0.25, 0.3) is 0 Å². The standard InChI is InChI=1S/C8H13NO3/c1-8(2,3)12-7(10)6-9-4-5-11-6/h4-5H2,1-3H3. The summed E-state index contributed by atoms with van der Waals surface area (Å²) in [4.78, 5) is 15.0. The summed E-state index contributed by atoms with van der Waals surface area (Å²) in [6.07, 6.45) is 0. The van der Waals surface area contributed by atoms with Crippen LogP contribution in [0.2, 0.25) is 0 Å². The van der Waals surface area contributed by atoms with Gasteiger partial charge in [-0.25, -0.2) is 9.79 Å². The number of rotatable bonds is 1. The number of aliphatic imine (C=N–C) groups is 1. The third kappa shape index (κ3) is 2.53. The fraction of sp³-hybridized carbons (Fsp3) is 0.750. The Morgan fingerprint density at radius 2 is 2.25 bits per heavy atom. The first kappa shape index (κ1) is 9.03. The summed E-state index contributed by atoms with van der Waals surface area (Å²) in [6, 6.07) is 0. The molecule has 1 aliphatic rings. The van der Waals surface area contributed by atoms with Crippen molar-refractivity contribution < 1.29 is 14.3 Å². The van der Waals surface area contributed by atoms with Gasteiger partial charge in [-0.3, -0.25) is 0 Å². The molecule has 1 heterocycles. The third-order valence-electron chi connectivity index (χ3n) is 1.16. The summed E-state index contributed by atoms with van der Waals surface area (Å²) in [7, 11) is 0. The first-order valence-corrected chi connectivity index (χ1v) is 3.90. The van der Waals surface area contributed by atoms with E-state index in [4.69, 9.17) is 9.47 Å². The molecule has 4 heteroatoms. The number of hydrogen-bond acceptors (Lipinski definition) is 4. The molecule has 0 aromatic rings. The Labute approximate surface area is 71.6 Å². The predicted octanol–water partition coefficient (Wildman–Crippen LogP) is 0.757. The van der Waals surface area contributed by atoms with Crippen LogP contribution in [0.15, 0.2) is 4.99 Å². The minimum Gasteiger partial charge on any atom is -0.471 e. The van der Waals surface area contributed by atoms with E-state index in [1.54, 1.807) is 20.8 Å². The summed E-state index contributed by atoms with van der Waals surface area (Å²) in [5.41, 5.74) is -0.481. The molecule has 0 bridgehead atoms. The molecule has 0 spiro atoms. The molecule has 0 amide bonds. The quantitative estimate of drug-likeness (QED) is 0.547. The van der Waals surface area contributed by atoms with Gasteiger partial charge < -0.3 is 9.47 Å². The van der Waals surface area contributed by atoms with E-state index in [-0.39, 0.29) is 5.90 Å². The van der Waals surface area contributed by atoms with Crippen LogP contribution in [0.4, 0.5) is 0 Å². The highest BCUT2D eigenvalue weighted by molar-refractivity contribution is 6.33. The van der Waals surface area contributed by atoms with Crippen LogP contribution >= 0.6 is 0 Å². The molecule has 68 valence electrons. The summed E-state index contributed by atoms with van der Waals surface area (Å²) in [5, 5.41) is 0. The zero-order valence-electron chi connectivity index (χ0n) is 7.59. The number of ether oxygens (including phenoxy) is 2. The van der Waals surface area contributed by atoms with E-state index in [0.29, 0.717) is 13.2 Å². The highest BCUT2D eigenvalue weighted by Gasteiger charge is 2.24. The zero-order valence-corrected chi connectivity index (χ0v) is 7.59. The second-order valence-corrected chi connectivity index (χ2v) is 3.54. The van der Waals surface area contributed by atoms with E-state index in [1.807, 2.05) is 0 Å². The van der Waals surface area contributed by atoms with Crippen molar-refractivity contribution in [2.75, 3.05) is 13.2 Å². The molecule has 1 rings (SSSR count). The van der Waals surface area contributed by atoms with Crippen molar-refractivity contribution >= 4 is 11.9 Å². The van der Waals surface area contributed by atoms with Gasteiger partial charge in [0.05, 0.1) is 6.54 Å². The molecule has 0 saturated carbocycles. The van der Waals surface area contributed by atoms with Gasteiger partial charge in [0.15, 0.2) is 0 Å². The monoisotopic (exact) mass is 171 g/mol. The predicted molar refractivity (Wildman–Crippen MR) is 44.1 cm³/mol. The SMILES string of the molecule is CC(C)(C)OC(=O)C1=NCCO1. The zero-order chi connectivity index (χ0) is 9.19. The van der Waals surface area contributed by atoms with Crippen molar-refractivity contribution in [3.8, 4) is 0 Å². The first-order chi connectivity index (χ1) is 5.49. The van der Waals surface area contributed by atoms with Gasteiger partial charge in [0.2, 0.25) is 0 Å². The van der Waals surface area contributed by atoms with Gasteiger partial charge in [-0.15, -0.1) is 0 Å². The largest absolute Gasteiger partial charge is 0.471 e. The van der Waals surface area contributed by atoms with Crippen LogP contribution in [-0.4, -0.2) is 30.6 Å². The molecule has 0 aliphatic carbocycles. The molecule has 0 aromatic heterocycles. The smallest absolute Gasteiger partial charge is 0.394 e. The maximum Gasteiger partial charge on any atom is 0.394 e. The molecule has 12 heavy (non-hydrogen) atoms. The second-order valence-electron chi connectivity index (χ2n) is 3.54. The summed E-state index contributed by atoms with van der Waals surface area (Å²) >= 11 is 0. The molecule has 0 aromatic carbocycles. The van der Waals surface area contributed by atoms with Crippen molar-refractivity contribution in [2.45, 2.75) is 26.4 Å². The van der Waals surface area contributed by atoms with Crippen LogP contribution in [0.1, 0.15) is 20.8 Å². The number of carbonyl (C=O) groups is 1. The Hall–Kier alpha value is -1.06. The number of hydrogen-bond donors (Lipinski definition) is 0. The molecule has 4 nitrogen and oxygen atoms in total. The molecule has 0 N–H and O–H groups in total. The lowest BCUT2D eigenvalue weighted by Crippen LogP contribution is -2.29. The Morgan fingerprint density at radius 3 is 2.67 bits per heavy atom. The van der Waals surface area contributed by atoms with Gasteiger partial charge >= 0.3 is 5.97 Å². The first-order valence-electron chi connectivity index (χ1n) is 3.90. The van der Waals surface area contributed by atoms with Gasteiger partial charge in [-0.2, -0.15) is 0 Å². The molecule has 0 atom stereocenters. The Bertz CT molecular complexity index is 215. The summed E-state index contributed by atoms with van der Waals surface area (Å²) in [6.45, 7) is 6.45. The molecule has 0 unspecified atom stereocenters. The lowest BCUT2D eigenvalue weighted by atomic mass is 10.2. The van der Waals surface area contributed by atoms with E-state index in [1.165, 1.54) is 0 Å². The number of carbonyl (C=O) groups excluding carboxylic acids is 1. The average molecular weight is 171 g/mol. The lowest BCUT2D eigenvalue weighted by molar-refractivity contribution is -0.147. The van der Waals surface area contributed by atoms with E-state index in [0.717, 1.165) is 0 Å². The van der Waals surface area contributed by atoms with E-state index in [2.05, 4.69) is 4.99 Å². The summed E-state index contributed by atoms with van der Waals surface area (Å²) < 4.78 is 9.96. The molecular weight excluding hydrogens is 158 g/mol. The van der Waals surface area contributed by atoms with Gasteiger partial charge in [0.25, 0.3) is 5.90 Å². The normalized spacial score (nSPS) is 16.8. The summed E-state index contributed by atoms with van der Waals surface area (Å²) in [5.74, 6) is -0.370. The van der Waals surface area contributed by atoms with Gasteiger partial charge in [-0.05, 0) is 20.8 Å².